The monoisotopic (exact) mass is 303 g/mol. The third kappa shape index (κ3) is 3.42. The third-order valence-electron chi connectivity index (χ3n) is 1.66. The quantitative estimate of drug-likeness (QED) is 0.575. The van der Waals surface area contributed by atoms with Gasteiger partial charge in [-0.2, -0.15) is 18.4 Å². The van der Waals surface area contributed by atoms with Crippen molar-refractivity contribution < 1.29 is 13.2 Å². The van der Waals surface area contributed by atoms with E-state index in [9.17, 15) is 13.2 Å². The van der Waals surface area contributed by atoms with Crippen LogP contribution in [0.2, 0.25) is 0 Å². The largest absolute Gasteiger partial charge is 0.416 e. The molecule has 0 aromatic heterocycles. The number of hydrogen-bond acceptors (Lipinski definition) is 3. The average Bonchev–Trinajstić information content (AvgIpc) is 2.14. The van der Waals surface area contributed by atoms with E-state index >= 15 is 0 Å². The van der Waals surface area contributed by atoms with Crippen LogP contribution in [-0.4, -0.2) is 0 Å². The van der Waals surface area contributed by atoms with E-state index in [4.69, 9.17) is 15.9 Å². The van der Waals surface area contributed by atoms with Crippen LogP contribution >= 0.6 is 41.3 Å². The van der Waals surface area contributed by atoms with Crippen LogP contribution < -0.4 is 0 Å². The Hall–Kier alpha value is -0.160. The molecule has 0 saturated carbocycles. The van der Waals surface area contributed by atoms with Gasteiger partial charge in [0.15, 0.2) is 0 Å². The van der Waals surface area contributed by atoms with Crippen molar-refractivity contribution in [2.24, 2.45) is 0 Å². The lowest BCUT2D eigenvalue weighted by Crippen LogP contribution is -2.05. The topological polar surface area (TPSA) is 23.8 Å². The first-order valence-corrected chi connectivity index (χ1v) is 8.31. The lowest BCUT2D eigenvalue weighted by Gasteiger charge is -2.21. The van der Waals surface area contributed by atoms with Crippen molar-refractivity contribution >= 4 is 41.3 Å². The normalized spacial score (nSPS) is 13.3. The minimum absolute atomic E-state index is 0.0900. The second-order valence-corrected chi connectivity index (χ2v) is 11.1. The van der Waals surface area contributed by atoms with Crippen LogP contribution in [0.3, 0.4) is 0 Å². The number of nitriles is 1. The van der Waals surface area contributed by atoms with Gasteiger partial charge < -0.3 is 0 Å². The SMILES string of the molecule is N#Cc1cc(C(F)(F)F)cc(S(S)(S)Cl)c1. The van der Waals surface area contributed by atoms with Crippen LogP contribution in [0.5, 0.6) is 0 Å². The molecule has 0 aliphatic rings. The maximum atomic E-state index is 12.5. The number of benzene rings is 1. The number of rotatable bonds is 1. The van der Waals surface area contributed by atoms with Crippen LogP contribution in [0.15, 0.2) is 23.1 Å². The van der Waals surface area contributed by atoms with Crippen molar-refractivity contribution in [2.75, 3.05) is 0 Å². The number of thiol groups is 2. The summed E-state index contributed by atoms with van der Waals surface area (Å²) in [6.45, 7) is 0. The molecular weight excluding hydrogens is 299 g/mol. The summed E-state index contributed by atoms with van der Waals surface area (Å²) in [5.74, 6) is 0. The number of nitrogens with zero attached hydrogens (tertiary/aromatic N) is 1. The van der Waals surface area contributed by atoms with Gasteiger partial charge in [0.25, 0.3) is 0 Å². The molecule has 0 N–H and O–H groups in total. The smallest absolute Gasteiger partial charge is 0.192 e. The van der Waals surface area contributed by atoms with Crippen LogP contribution in [0.1, 0.15) is 11.1 Å². The Kier molecular flexibility index (Phi) is 4.00. The Morgan fingerprint density at radius 3 is 2.19 bits per heavy atom. The van der Waals surface area contributed by atoms with E-state index in [2.05, 4.69) is 23.3 Å². The molecule has 0 bridgehead atoms. The standard InChI is InChI=1S/C8H5ClF3NS3/c9-16(14,15)7-2-5(4-13)1-6(3-7)8(10,11)12/h1-3,14-15H. The van der Waals surface area contributed by atoms with Crippen molar-refractivity contribution in [3.8, 4) is 6.07 Å². The Labute approximate surface area is 106 Å². The van der Waals surface area contributed by atoms with E-state index < -0.39 is 19.0 Å². The molecule has 0 unspecified atom stereocenters. The lowest BCUT2D eigenvalue weighted by molar-refractivity contribution is -0.137. The van der Waals surface area contributed by atoms with Gasteiger partial charge in [-0.05, 0) is 36.2 Å². The second-order valence-electron chi connectivity index (χ2n) is 2.84. The van der Waals surface area contributed by atoms with Gasteiger partial charge in [0.2, 0.25) is 0 Å². The highest BCUT2D eigenvalue weighted by Gasteiger charge is 2.32. The molecule has 0 radical (unpaired) electrons. The highest BCUT2D eigenvalue weighted by Crippen LogP contribution is 2.68. The molecule has 16 heavy (non-hydrogen) atoms. The molecule has 1 rings (SSSR count). The summed E-state index contributed by atoms with van der Waals surface area (Å²) >= 11 is 7.82. The lowest BCUT2D eigenvalue weighted by atomic mass is 10.1. The van der Waals surface area contributed by atoms with Gasteiger partial charge in [-0.3, -0.25) is 0 Å². The molecule has 1 aromatic rings. The van der Waals surface area contributed by atoms with Crippen LogP contribution in [0, 0.1) is 11.3 Å². The van der Waals surface area contributed by atoms with Crippen LogP contribution in [0.4, 0.5) is 13.2 Å². The summed E-state index contributed by atoms with van der Waals surface area (Å²) in [4.78, 5) is 0.0900. The van der Waals surface area contributed by atoms with Crippen molar-refractivity contribution in [2.45, 2.75) is 11.1 Å². The molecule has 8 heteroatoms. The summed E-state index contributed by atoms with van der Waals surface area (Å²) in [6.07, 6.45) is -4.52. The average molecular weight is 304 g/mol. The van der Waals surface area contributed by atoms with Crippen LogP contribution in [-0.2, 0) is 6.18 Å². The zero-order valence-electron chi connectivity index (χ0n) is 7.49. The van der Waals surface area contributed by atoms with Gasteiger partial charge in [-0.25, -0.2) is 0 Å². The first-order chi connectivity index (χ1) is 7.14. The molecule has 0 aliphatic carbocycles. The zero-order valence-corrected chi connectivity index (χ0v) is 10.9. The Bertz CT molecular complexity index is 415. The van der Waals surface area contributed by atoms with E-state index in [1.165, 1.54) is 6.07 Å². The van der Waals surface area contributed by atoms with Crippen molar-refractivity contribution in [3.05, 3.63) is 29.3 Å². The molecule has 88 valence electrons. The summed E-state index contributed by atoms with van der Waals surface area (Å²) in [5.41, 5.74) is -1.05. The van der Waals surface area contributed by atoms with Crippen molar-refractivity contribution in [1.29, 1.82) is 5.26 Å². The van der Waals surface area contributed by atoms with E-state index in [0.29, 0.717) is 0 Å². The molecule has 0 saturated heterocycles. The molecule has 0 aliphatic heterocycles. The van der Waals surface area contributed by atoms with E-state index in [1.54, 1.807) is 6.07 Å². The molecule has 0 amide bonds. The fraction of sp³-hybridized carbons (Fsp3) is 0.125. The summed E-state index contributed by atoms with van der Waals surface area (Å²) < 4.78 is 37.4. The molecule has 1 aromatic carbocycles. The summed E-state index contributed by atoms with van der Waals surface area (Å²) in [5, 5.41) is 8.62. The zero-order chi connectivity index (χ0) is 12.6. The maximum Gasteiger partial charge on any atom is 0.416 e. The van der Waals surface area contributed by atoms with Gasteiger partial charge in [0.05, 0.1) is 17.2 Å². The molecule has 0 heterocycles. The number of hydrogen-bond donors (Lipinski definition) is 2. The van der Waals surface area contributed by atoms with Crippen molar-refractivity contribution in [3.63, 3.8) is 0 Å². The minimum Gasteiger partial charge on any atom is -0.192 e. The summed E-state index contributed by atoms with van der Waals surface area (Å²) in [7, 11) is 3.34. The molecule has 0 spiro atoms. The maximum absolute atomic E-state index is 12.5. The van der Waals surface area contributed by atoms with Gasteiger partial charge in [0, 0.05) is 4.90 Å². The molecule has 0 atom stereocenters. The van der Waals surface area contributed by atoms with Crippen LogP contribution in [0.25, 0.3) is 0 Å². The predicted octanol–water partition coefficient (Wildman–Crippen LogP) is 4.58. The molecule has 1 nitrogen and oxygen atoms in total. The van der Waals surface area contributed by atoms with E-state index in [1.807, 2.05) is 0 Å². The fourth-order valence-corrected chi connectivity index (χ4v) is 2.43. The Morgan fingerprint density at radius 1 is 1.25 bits per heavy atom. The van der Waals surface area contributed by atoms with Gasteiger partial charge >= 0.3 is 6.18 Å². The third-order valence-corrected chi connectivity index (χ3v) is 4.30. The first kappa shape index (κ1) is 13.9. The number of alkyl halides is 3. The van der Waals surface area contributed by atoms with Gasteiger partial charge in [-0.1, -0.05) is 0 Å². The van der Waals surface area contributed by atoms with E-state index in [-0.39, 0.29) is 10.5 Å². The highest BCUT2D eigenvalue weighted by molar-refractivity contribution is 9.25. The van der Waals surface area contributed by atoms with E-state index in [0.717, 1.165) is 12.1 Å². The van der Waals surface area contributed by atoms with Gasteiger partial charge in [-0.15, -0.1) is 23.3 Å². The predicted molar refractivity (Wildman–Crippen MR) is 65.8 cm³/mol. The van der Waals surface area contributed by atoms with Gasteiger partial charge in [0.1, 0.15) is 0 Å². The molecule has 0 fully saturated rings. The highest BCUT2D eigenvalue weighted by atomic mass is 35.8. The first-order valence-electron chi connectivity index (χ1n) is 3.75. The Balaban J connectivity index is 3.41. The number of halogens is 4. The fourth-order valence-electron chi connectivity index (χ4n) is 0.977. The molecular formula is C8H5ClF3NS3. The Morgan fingerprint density at radius 2 is 1.81 bits per heavy atom. The van der Waals surface area contributed by atoms with Crippen molar-refractivity contribution in [1.82, 2.24) is 0 Å². The second kappa shape index (κ2) is 4.61. The minimum atomic E-state index is -4.52. The summed E-state index contributed by atoms with van der Waals surface area (Å²) in [6, 6.07) is 4.49.